The summed E-state index contributed by atoms with van der Waals surface area (Å²) >= 11 is 6.08. The highest BCUT2D eigenvalue weighted by Crippen LogP contribution is 2.25. The number of furan rings is 1. The Morgan fingerprint density at radius 3 is 2.95 bits per heavy atom. The summed E-state index contributed by atoms with van der Waals surface area (Å²) in [6.07, 6.45) is 5.33. The lowest BCUT2D eigenvalue weighted by atomic mass is 10.2. The third kappa shape index (κ3) is 2.56. The van der Waals surface area contributed by atoms with Crippen molar-refractivity contribution < 1.29 is 4.42 Å². The average Bonchev–Trinajstić information content (AvgIpc) is 3.08. The molecule has 0 unspecified atom stereocenters. The largest absolute Gasteiger partial charge is 0.467 e. The Hall–Kier alpha value is -2.20. The van der Waals surface area contributed by atoms with E-state index in [0.29, 0.717) is 11.6 Å². The molecule has 5 heteroatoms. The molecule has 0 aliphatic rings. The monoisotopic (exact) mass is 287 g/mol. The Labute approximate surface area is 122 Å². The molecule has 4 nitrogen and oxygen atoms in total. The molecule has 3 aromatic rings. The van der Waals surface area contributed by atoms with E-state index in [2.05, 4.69) is 10.4 Å². The summed E-state index contributed by atoms with van der Waals surface area (Å²) in [7, 11) is 0. The van der Waals surface area contributed by atoms with Gasteiger partial charge in [0.25, 0.3) is 0 Å². The Bertz CT molecular complexity index is 704. The second-order valence-electron chi connectivity index (χ2n) is 4.49. The standard InChI is InChI=1S/C15H14ClN3O/c1-11-5-8-20-15(11)10-17-13-9-12(16)3-4-14(13)19-7-2-6-18-19/h2-9,17H,10H2,1H3. The quantitative estimate of drug-likeness (QED) is 0.787. The van der Waals surface area contributed by atoms with Crippen LogP contribution >= 0.6 is 11.6 Å². The fourth-order valence-electron chi connectivity index (χ4n) is 2.02. The number of nitrogens with one attached hydrogen (secondary N) is 1. The molecule has 102 valence electrons. The molecule has 0 spiro atoms. The molecule has 0 atom stereocenters. The van der Waals surface area contributed by atoms with Gasteiger partial charge < -0.3 is 9.73 Å². The van der Waals surface area contributed by atoms with E-state index in [1.54, 1.807) is 17.1 Å². The van der Waals surface area contributed by atoms with E-state index in [9.17, 15) is 0 Å². The molecule has 2 heterocycles. The molecule has 0 saturated heterocycles. The van der Waals surface area contributed by atoms with Crippen LogP contribution in [0, 0.1) is 6.92 Å². The Morgan fingerprint density at radius 1 is 1.35 bits per heavy atom. The van der Waals surface area contributed by atoms with Crippen molar-refractivity contribution in [3.8, 4) is 5.69 Å². The molecular weight excluding hydrogens is 274 g/mol. The second kappa shape index (κ2) is 5.43. The van der Waals surface area contributed by atoms with E-state index >= 15 is 0 Å². The third-order valence-electron chi connectivity index (χ3n) is 3.12. The molecule has 1 aromatic carbocycles. The van der Waals surface area contributed by atoms with Crippen molar-refractivity contribution in [2.75, 3.05) is 5.32 Å². The van der Waals surface area contributed by atoms with Crippen LogP contribution in [0.15, 0.2) is 53.4 Å². The third-order valence-corrected chi connectivity index (χ3v) is 3.35. The summed E-state index contributed by atoms with van der Waals surface area (Å²) in [5.74, 6) is 0.913. The van der Waals surface area contributed by atoms with Crippen LogP contribution in [0.4, 0.5) is 5.69 Å². The lowest BCUT2D eigenvalue weighted by Crippen LogP contribution is -2.05. The van der Waals surface area contributed by atoms with Gasteiger partial charge >= 0.3 is 0 Å². The van der Waals surface area contributed by atoms with Crippen molar-refractivity contribution >= 4 is 17.3 Å². The van der Waals surface area contributed by atoms with Gasteiger partial charge in [-0.15, -0.1) is 0 Å². The molecule has 1 N–H and O–H groups in total. The van der Waals surface area contributed by atoms with Crippen LogP contribution in [0.1, 0.15) is 11.3 Å². The molecule has 2 aromatic heterocycles. The topological polar surface area (TPSA) is 43.0 Å². The summed E-state index contributed by atoms with van der Waals surface area (Å²) in [4.78, 5) is 0. The fourth-order valence-corrected chi connectivity index (χ4v) is 2.19. The SMILES string of the molecule is Cc1ccoc1CNc1cc(Cl)ccc1-n1cccn1. The van der Waals surface area contributed by atoms with Gasteiger partial charge in [-0.05, 0) is 42.8 Å². The highest BCUT2D eigenvalue weighted by Gasteiger charge is 2.08. The Balaban J connectivity index is 1.88. The maximum atomic E-state index is 6.08. The van der Waals surface area contributed by atoms with Crippen molar-refractivity contribution in [1.29, 1.82) is 0 Å². The minimum atomic E-state index is 0.605. The molecule has 0 fully saturated rings. The van der Waals surface area contributed by atoms with Gasteiger partial charge in [-0.1, -0.05) is 11.6 Å². The lowest BCUT2D eigenvalue weighted by molar-refractivity contribution is 0.515. The molecule has 0 aliphatic heterocycles. The van der Waals surface area contributed by atoms with Crippen LogP contribution < -0.4 is 5.32 Å². The molecule has 0 saturated carbocycles. The maximum absolute atomic E-state index is 6.08. The number of hydrogen-bond acceptors (Lipinski definition) is 3. The summed E-state index contributed by atoms with van der Waals surface area (Å²) in [6.45, 7) is 2.63. The number of halogens is 1. The summed E-state index contributed by atoms with van der Waals surface area (Å²) in [6, 6.07) is 9.50. The first-order valence-electron chi connectivity index (χ1n) is 6.30. The smallest absolute Gasteiger partial charge is 0.125 e. The number of rotatable bonds is 4. The average molecular weight is 288 g/mol. The van der Waals surface area contributed by atoms with Gasteiger partial charge in [0.1, 0.15) is 5.76 Å². The molecule has 0 bridgehead atoms. The highest BCUT2D eigenvalue weighted by atomic mass is 35.5. The zero-order chi connectivity index (χ0) is 13.9. The van der Waals surface area contributed by atoms with Crippen LogP contribution in [0.3, 0.4) is 0 Å². The van der Waals surface area contributed by atoms with Gasteiger partial charge in [-0.3, -0.25) is 0 Å². The van der Waals surface area contributed by atoms with Crippen molar-refractivity contribution in [1.82, 2.24) is 9.78 Å². The summed E-state index contributed by atoms with van der Waals surface area (Å²) in [5, 5.41) is 8.28. The van der Waals surface area contributed by atoms with Gasteiger partial charge in [0, 0.05) is 17.4 Å². The number of anilines is 1. The van der Waals surface area contributed by atoms with Gasteiger partial charge in [0.2, 0.25) is 0 Å². The normalized spacial score (nSPS) is 10.7. The number of nitrogens with zero attached hydrogens (tertiary/aromatic N) is 2. The minimum absolute atomic E-state index is 0.605. The Morgan fingerprint density at radius 2 is 2.25 bits per heavy atom. The zero-order valence-electron chi connectivity index (χ0n) is 11.0. The molecular formula is C15H14ClN3O. The first-order valence-corrected chi connectivity index (χ1v) is 6.68. The molecule has 0 amide bonds. The van der Waals surface area contributed by atoms with Crippen LogP contribution in [-0.2, 0) is 6.54 Å². The summed E-state index contributed by atoms with van der Waals surface area (Å²) < 4.78 is 7.23. The van der Waals surface area contributed by atoms with Gasteiger partial charge in [-0.25, -0.2) is 4.68 Å². The van der Waals surface area contributed by atoms with Crippen LogP contribution in [-0.4, -0.2) is 9.78 Å². The van der Waals surface area contributed by atoms with E-state index in [0.717, 1.165) is 22.7 Å². The number of aryl methyl sites for hydroxylation is 1. The van der Waals surface area contributed by atoms with Crippen LogP contribution in [0.2, 0.25) is 5.02 Å². The number of hydrogen-bond donors (Lipinski definition) is 1. The van der Waals surface area contributed by atoms with Crippen LogP contribution in [0.25, 0.3) is 5.69 Å². The molecule has 3 rings (SSSR count). The van der Waals surface area contributed by atoms with Gasteiger partial charge in [0.15, 0.2) is 0 Å². The highest BCUT2D eigenvalue weighted by molar-refractivity contribution is 6.31. The van der Waals surface area contributed by atoms with Crippen molar-refractivity contribution in [3.63, 3.8) is 0 Å². The number of aromatic nitrogens is 2. The molecule has 20 heavy (non-hydrogen) atoms. The predicted molar refractivity (Wildman–Crippen MR) is 79.3 cm³/mol. The zero-order valence-corrected chi connectivity index (χ0v) is 11.8. The predicted octanol–water partition coefficient (Wildman–Crippen LogP) is 4.04. The second-order valence-corrected chi connectivity index (χ2v) is 4.93. The van der Waals surface area contributed by atoms with Gasteiger partial charge in [0.05, 0.1) is 24.2 Å². The van der Waals surface area contributed by atoms with Crippen LogP contribution in [0.5, 0.6) is 0 Å². The first-order chi connectivity index (χ1) is 9.74. The number of benzene rings is 1. The van der Waals surface area contributed by atoms with E-state index in [1.165, 1.54) is 0 Å². The van der Waals surface area contributed by atoms with E-state index in [1.807, 2.05) is 43.5 Å². The van der Waals surface area contributed by atoms with Crippen molar-refractivity contribution in [2.24, 2.45) is 0 Å². The minimum Gasteiger partial charge on any atom is -0.467 e. The van der Waals surface area contributed by atoms with Crippen molar-refractivity contribution in [2.45, 2.75) is 13.5 Å². The molecule has 0 radical (unpaired) electrons. The Kier molecular flexibility index (Phi) is 3.48. The van der Waals surface area contributed by atoms with E-state index in [-0.39, 0.29) is 0 Å². The van der Waals surface area contributed by atoms with E-state index in [4.69, 9.17) is 16.0 Å². The summed E-state index contributed by atoms with van der Waals surface area (Å²) in [5.41, 5.74) is 2.99. The van der Waals surface area contributed by atoms with Crippen molar-refractivity contribution in [3.05, 3.63) is 65.3 Å². The first kappa shape index (κ1) is 12.8. The fraction of sp³-hybridized carbons (Fsp3) is 0.133. The van der Waals surface area contributed by atoms with E-state index < -0.39 is 0 Å². The maximum Gasteiger partial charge on any atom is 0.125 e. The van der Waals surface area contributed by atoms with Gasteiger partial charge in [-0.2, -0.15) is 5.10 Å². The molecule has 0 aliphatic carbocycles. The lowest BCUT2D eigenvalue weighted by Gasteiger charge is -2.12.